The Kier molecular flexibility index (Phi) is 7.25. The van der Waals surface area contributed by atoms with E-state index in [1.807, 2.05) is 13.8 Å². The largest absolute Gasteiger partial charge is 0.432 e. The number of ether oxygens (including phenoxy) is 4. The summed E-state index contributed by atoms with van der Waals surface area (Å²) in [6.07, 6.45) is 11.3. The molecule has 8 heterocycles. The molecule has 0 aromatic heterocycles. The normalized spacial score (nSPS) is 54.0. The Balaban J connectivity index is 0.891. The van der Waals surface area contributed by atoms with Crippen molar-refractivity contribution < 1.29 is 48.1 Å². The summed E-state index contributed by atoms with van der Waals surface area (Å²) in [4.78, 5) is 51.0. The van der Waals surface area contributed by atoms with Gasteiger partial charge in [0.05, 0.1) is 11.8 Å². The predicted octanol–water partition coefficient (Wildman–Crippen LogP) is 6.10. The zero-order valence-corrected chi connectivity index (χ0v) is 26.8. The van der Waals surface area contributed by atoms with E-state index in [1.54, 1.807) is 0 Å². The molecule has 0 radical (unpaired) electrons. The average molecular weight is 619 g/mol. The molecule has 2 spiro atoms. The maximum Gasteiger partial charge on any atom is 0.311 e. The van der Waals surface area contributed by atoms with Gasteiger partial charge in [-0.05, 0) is 77.0 Å². The van der Waals surface area contributed by atoms with Gasteiger partial charge < -0.3 is 18.9 Å². The average Bonchev–Trinajstić information content (AvgIpc) is 3.36. The van der Waals surface area contributed by atoms with Crippen molar-refractivity contribution in [2.75, 3.05) is 0 Å². The van der Waals surface area contributed by atoms with Crippen LogP contribution in [0.4, 0.5) is 0 Å². The molecule has 10 aliphatic rings. The second-order valence-electron chi connectivity index (χ2n) is 15.9. The molecule has 10 rings (SSSR count). The van der Waals surface area contributed by atoms with Gasteiger partial charge in [-0.15, -0.1) is 0 Å². The molecule has 0 unspecified atom stereocenters. The molecule has 10 nitrogen and oxygen atoms in total. The molecule has 8 saturated heterocycles. The number of carbonyl (C=O) groups excluding carboxylic acids is 2. The lowest BCUT2D eigenvalue weighted by Crippen LogP contribution is -2.70. The Morgan fingerprint density at radius 3 is 1.43 bits per heavy atom. The van der Waals surface area contributed by atoms with Crippen LogP contribution < -0.4 is 0 Å². The van der Waals surface area contributed by atoms with Crippen molar-refractivity contribution in [2.24, 2.45) is 47.3 Å². The van der Waals surface area contributed by atoms with Gasteiger partial charge in [0, 0.05) is 36.5 Å². The smallest absolute Gasteiger partial charge is 0.311 e. The molecule has 2 aliphatic carbocycles. The molecule has 8 aliphatic heterocycles. The number of fused-ring (bicyclic) bond motifs is 4. The van der Waals surface area contributed by atoms with Crippen LogP contribution in [-0.2, 0) is 48.1 Å². The summed E-state index contributed by atoms with van der Waals surface area (Å²) in [5.74, 6) is -1.01. The number of rotatable bonds is 7. The Hall–Kier alpha value is -1.30. The first-order valence-electron chi connectivity index (χ1n) is 17.6. The van der Waals surface area contributed by atoms with Crippen LogP contribution in [-0.4, -0.2) is 47.3 Å². The summed E-state index contributed by atoms with van der Waals surface area (Å²) < 4.78 is 24.5. The van der Waals surface area contributed by atoms with Crippen LogP contribution in [0.1, 0.15) is 118 Å². The lowest BCUT2D eigenvalue weighted by molar-refractivity contribution is -0.559. The topological polar surface area (TPSA) is 108 Å². The van der Waals surface area contributed by atoms with E-state index in [0.717, 1.165) is 89.9 Å². The Bertz CT molecular complexity index is 1070. The Labute approximate surface area is 260 Å². The fraction of sp³-hybridized carbons (Fsp3) is 0.941. The van der Waals surface area contributed by atoms with E-state index < -0.39 is 35.4 Å². The van der Waals surface area contributed by atoms with Gasteiger partial charge in [-0.1, -0.05) is 39.5 Å². The Morgan fingerprint density at radius 2 is 1.00 bits per heavy atom. The van der Waals surface area contributed by atoms with Crippen molar-refractivity contribution in [3.63, 3.8) is 0 Å². The molecular formula is C34H50O10. The molecule has 2 saturated carbocycles. The molecule has 4 bridgehead atoms. The first kappa shape index (κ1) is 30.1. The van der Waals surface area contributed by atoms with Crippen molar-refractivity contribution in [1.29, 1.82) is 0 Å². The van der Waals surface area contributed by atoms with Crippen LogP contribution >= 0.6 is 0 Å². The summed E-state index contributed by atoms with van der Waals surface area (Å²) >= 11 is 0. The van der Waals surface area contributed by atoms with Gasteiger partial charge >= 0.3 is 11.9 Å². The quantitative estimate of drug-likeness (QED) is 0.189. The van der Waals surface area contributed by atoms with Gasteiger partial charge in [0.2, 0.25) is 24.2 Å². The van der Waals surface area contributed by atoms with Crippen molar-refractivity contribution in [2.45, 2.75) is 153 Å². The lowest BCUT2D eigenvalue weighted by Gasteiger charge is -2.58. The molecule has 10 fully saturated rings. The van der Waals surface area contributed by atoms with Gasteiger partial charge in [0.15, 0.2) is 11.2 Å². The van der Waals surface area contributed by atoms with Gasteiger partial charge in [-0.2, -0.15) is 0 Å². The summed E-state index contributed by atoms with van der Waals surface area (Å²) in [5, 5.41) is 0. The summed E-state index contributed by atoms with van der Waals surface area (Å²) in [7, 11) is 0. The van der Waals surface area contributed by atoms with Crippen molar-refractivity contribution in [3.8, 4) is 0 Å². The highest BCUT2D eigenvalue weighted by atomic mass is 17.3. The van der Waals surface area contributed by atoms with E-state index in [2.05, 4.69) is 13.8 Å². The molecule has 0 aromatic rings. The minimum Gasteiger partial charge on any atom is -0.432 e. The van der Waals surface area contributed by atoms with E-state index in [0.29, 0.717) is 11.8 Å². The number of carbonyl (C=O) groups is 2. The summed E-state index contributed by atoms with van der Waals surface area (Å²) in [6.45, 7) is 8.33. The Morgan fingerprint density at radius 1 is 0.568 bits per heavy atom. The third-order valence-corrected chi connectivity index (χ3v) is 13.4. The van der Waals surface area contributed by atoms with E-state index in [1.165, 1.54) is 0 Å². The van der Waals surface area contributed by atoms with Crippen LogP contribution in [0.25, 0.3) is 0 Å². The van der Waals surface area contributed by atoms with Crippen LogP contribution in [0.3, 0.4) is 0 Å². The SMILES string of the molecule is C[C@@H]1CC[C@H]2[C@H](CCCCCC[C@@H]3C(=O)O[C@@H]4O[C@]5(C)CC[C@H]6[C@H](C)CC[C@@H]3[C@@]46OO5)C(=O)O[C@@H]3O[C@]4(C)CC[C@@H]1[C@]32OO4. The molecule has 0 aromatic carbocycles. The fourth-order valence-corrected chi connectivity index (χ4v) is 11.0. The second-order valence-corrected chi connectivity index (χ2v) is 15.9. The van der Waals surface area contributed by atoms with Gasteiger partial charge in [0.25, 0.3) is 0 Å². The van der Waals surface area contributed by atoms with E-state index >= 15 is 0 Å². The molecular weight excluding hydrogens is 568 g/mol. The van der Waals surface area contributed by atoms with E-state index in [4.69, 9.17) is 38.5 Å². The lowest BCUT2D eigenvalue weighted by atomic mass is 9.57. The van der Waals surface area contributed by atoms with Crippen molar-refractivity contribution in [1.82, 2.24) is 0 Å². The van der Waals surface area contributed by atoms with Crippen LogP contribution in [0.5, 0.6) is 0 Å². The summed E-state index contributed by atoms with van der Waals surface area (Å²) in [5.41, 5.74) is -1.44. The highest BCUT2D eigenvalue weighted by Gasteiger charge is 2.72. The summed E-state index contributed by atoms with van der Waals surface area (Å²) in [6, 6.07) is 0. The number of unbranched alkanes of at least 4 members (excludes halogenated alkanes) is 3. The van der Waals surface area contributed by atoms with Crippen molar-refractivity contribution >= 4 is 11.9 Å². The zero-order chi connectivity index (χ0) is 30.5. The molecule has 0 amide bonds. The zero-order valence-electron chi connectivity index (χ0n) is 26.8. The highest BCUT2D eigenvalue weighted by molar-refractivity contribution is 5.75. The predicted molar refractivity (Wildman–Crippen MR) is 152 cm³/mol. The number of hydrogen-bond donors (Lipinski definition) is 0. The number of hydrogen-bond acceptors (Lipinski definition) is 10. The maximum absolute atomic E-state index is 13.3. The van der Waals surface area contributed by atoms with Crippen molar-refractivity contribution in [3.05, 3.63) is 0 Å². The second kappa shape index (κ2) is 10.6. The minimum absolute atomic E-state index is 0.0322. The van der Waals surface area contributed by atoms with Crippen LogP contribution in [0, 0.1) is 47.3 Å². The molecule has 44 heavy (non-hydrogen) atoms. The monoisotopic (exact) mass is 618 g/mol. The molecule has 10 heteroatoms. The first-order valence-corrected chi connectivity index (χ1v) is 17.6. The number of esters is 2. The third kappa shape index (κ3) is 4.33. The standard InChI is InChI=1S/C34H50O10/c1-19-11-13-25-21(27(35)37-29-33(25)23(19)15-17-31(3,39-29)41-43-33)9-7-5-6-8-10-22-26-14-12-20(2)24-16-18-32(4)40-30(38-28(22)36)34(24,26)44-42-32/h19-26,29-30H,5-18H2,1-4H3/t19-,20-,21+,22+,23+,24+,25+,26+,29-,30-,31+,32+,33-,34-/m1/s1. The van der Waals surface area contributed by atoms with Gasteiger partial charge in [-0.25, -0.2) is 19.6 Å². The first-order chi connectivity index (χ1) is 21.1. The molecule has 14 atom stereocenters. The molecule has 246 valence electrons. The maximum atomic E-state index is 13.3. The minimum atomic E-state index is -0.868. The van der Waals surface area contributed by atoms with Crippen LogP contribution in [0.2, 0.25) is 0 Å². The van der Waals surface area contributed by atoms with E-state index in [-0.39, 0.29) is 47.4 Å². The molecule has 0 N–H and O–H groups in total. The fourth-order valence-electron chi connectivity index (χ4n) is 11.0. The van der Waals surface area contributed by atoms with Gasteiger partial charge in [0.1, 0.15) is 0 Å². The highest BCUT2D eigenvalue weighted by Crippen LogP contribution is 2.62. The third-order valence-electron chi connectivity index (χ3n) is 13.4. The van der Waals surface area contributed by atoms with Gasteiger partial charge in [-0.3, -0.25) is 9.59 Å². The van der Waals surface area contributed by atoms with E-state index in [9.17, 15) is 9.59 Å². The van der Waals surface area contributed by atoms with Crippen LogP contribution in [0.15, 0.2) is 0 Å².